The molecule has 1 aromatic rings. The molecule has 104 valence electrons. The van der Waals surface area contributed by atoms with Crippen LogP contribution in [0.25, 0.3) is 0 Å². The number of hydrogen-bond donors (Lipinski definition) is 0. The molecule has 0 spiro atoms. The number of nitrogens with zero attached hydrogens (tertiary/aromatic N) is 2. The molecule has 0 saturated heterocycles. The summed E-state index contributed by atoms with van der Waals surface area (Å²) >= 11 is 0. The molecule has 7 nitrogen and oxygen atoms in total. The van der Waals surface area contributed by atoms with Crippen molar-refractivity contribution >= 4 is 23.7 Å². The van der Waals surface area contributed by atoms with E-state index in [2.05, 4.69) is 10.2 Å². The van der Waals surface area contributed by atoms with Gasteiger partial charge in [-0.05, 0) is 12.1 Å². The van der Waals surface area contributed by atoms with Crippen LogP contribution in [0.5, 0.6) is 5.75 Å². The van der Waals surface area contributed by atoms with Crippen LogP contribution in [0.15, 0.2) is 34.5 Å². The van der Waals surface area contributed by atoms with Crippen molar-refractivity contribution in [2.45, 2.75) is 13.8 Å². The number of rotatable bonds is 2. The van der Waals surface area contributed by atoms with Crippen LogP contribution >= 0.6 is 0 Å². The molecule has 1 aromatic carbocycles. The number of carbonyl (C=O) groups is 2. The Morgan fingerprint density at radius 2 is 1.80 bits per heavy atom. The zero-order valence-electron chi connectivity index (χ0n) is 11.0. The Morgan fingerprint density at radius 3 is 2.40 bits per heavy atom. The van der Waals surface area contributed by atoms with Crippen LogP contribution in [0.3, 0.4) is 0 Å². The van der Waals surface area contributed by atoms with Gasteiger partial charge in [0.2, 0.25) is 5.90 Å². The average Bonchev–Trinajstić information content (AvgIpc) is 2.39. The smallest absolute Gasteiger partial charge is 0.309 e. The van der Waals surface area contributed by atoms with Gasteiger partial charge in [-0.3, -0.25) is 9.59 Å². The first-order valence-corrected chi connectivity index (χ1v) is 5.80. The molecule has 1 heterocycles. The SMILES string of the molecule is CC(=O)OC1=NN=C(c2ccccc2OC(C)=O)OC1. The topological polar surface area (TPSA) is 86.5 Å². The molecule has 0 radical (unpaired) electrons. The van der Waals surface area contributed by atoms with Gasteiger partial charge in [-0.15, -0.1) is 10.2 Å². The molecule has 0 aliphatic carbocycles. The van der Waals surface area contributed by atoms with Crippen molar-refractivity contribution in [3.8, 4) is 5.75 Å². The molecule has 0 amide bonds. The first-order valence-electron chi connectivity index (χ1n) is 5.80. The minimum absolute atomic E-state index is 0.0210. The highest BCUT2D eigenvalue weighted by molar-refractivity contribution is 6.01. The highest BCUT2D eigenvalue weighted by Crippen LogP contribution is 2.21. The lowest BCUT2D eigenvalue weighted by Gasteiger charge is -2.15. The maximum absolute atomic E-state index is 11.0. The highest BCUT2D eigenvalue weighted by Gasteiger charge is 2.18. The Kier molecular flexibility index (Phi) is 4.09. The fraction of sp³-hybridized carbons (Fsp3) is 0.231. The third-order valence-corrected chi connectivity index (χ3v) is 2.22. The molecule has 1 aliphatic rings. The van der Waals surface area contributed by atoms with Crippen molar-refractivity contribution in [2.75, 3.05) is 6.61 Å². The Balaban J connectivity index is 2.25. The number of carbonyl (C=O) groups excluding carboxylic acids is 2. The number of esters is 2. The Hall–Kier alpha value is -2.70. The summed E-state index contributed by atoms with van der Waals surface area (Å²) in [6.07, 6.45) is 0. The number of para-hydroxylation sites is 1. The standard InChI is InChI=1S/C13H12N2O5/c1-8(16)19-11-6-4-3-5-10(11)13-15-14-12(7-18-13)20-9(2)17/h3-6H,7H2,1-2H3. The van der Waals surface area contributed by atoms with E-state index in [0.717, 1.165) is 0 Å². The van der Waals surface area contributed by atoms with Crippen molar-refractivity contribution < 1.29 is 23.8 Å². The van der Waals surface area contributed by atoms with Gasteiger partial charge in [-0.2, -0.15) is 0 Å². The minimum atomic E-state index is -0.494. The molecular formula is C13H12N2O5. The third kappa shape index (κ3) is 3.41. The second-order valence-electron chi connectivity index (χ2n) is 3.87. The zero-order valence-corrected chi connectivity index (χ0v) is 11.0. The van der Waals surface area contributed by atoms with Crippen molar-refractivity contribution in [2.24, 2.45) is 10.2 Å². The van der Waals surface area contributed by atoms with Gasteiger partial charge >= 0.3 is 11.9 Å². The molecule has 0 N–H and O–H groups in total. The monoisotopic (exact) mass is 276 g/mol. The minimum Gasteiger partial charge on any atom is -0.466 e. The number of hydrogen-bond acceptors (Lipinski definition) is 7. The quantitative estimate of drug-likeness (QED) is 0.599. The summed E-state index contributed by atoms with van der Waals surface area (Å²) in [5.74, 6) is -0.349. The Labute approximate surface area is 114 Å². The van der Waals surface area contributed by atoms with E-state index in [-0.39, 0.29) is 18.4 Å². The molecule has 0 saturated carbocycles. The number of benzene rings is 1. The van der Waals surface area contributed by atoms with Gasteiger partial charge in [0.15, 0.2) is 6.61 Å². The van der Waals surface area contributed by atoms with Gasteiger partial charge in [0.05, 0.1) is 5.56 Å². The molecule has 0 bridgehead atoms. The van der Waals surface area contributed by atoms with E-state index in [1.165, 1.54) is 13.8 Å². The summed E-state index contributed by atoms with van der Waals surface area (Å²) in [6, 6.07) is 6.77. The first-order chi connectivity index (χ1) is 9.56. The summed E-state index contributed by atoms with van der Waals surface area (Å²) in [6.45, 7) is 2.54. The summed E-state index contributed by atoms with van der Waals surface area (Å²) in [7, 11) is 0. The van der Waals surface area contributed by atoms with Crippen LogP contribution in [-0.2, 0) is 19.1 Å². The Bertz CT molecular complexity index is 607. The molecular weight excluding hydrogens is 264 g/mol. The maximum atomic E-state index is 11.0. The largest absolute Gasteiger partial charge is 0.466 e. The zero-order chi connectivity index (χ0) is 14.5. The molecule has 0 fully saturated rings. The summed E-state index contributed by atoms with van der Waals surface area (Å²) in [5.41, 5.74) is 0.494. The van der Waals surface area contributed by atoms with Crippen molar-refractivity contribution in [1.82, 2.24) is 0 Å². The lowest BCUT2D eigenvalue weighted by Crippen LogP contribution is -2.23. The van der Waals surface area contributed by atoms with Crippen molar-refractivity contribution in [3.05, 3.63) is 29.8 Å². The molecule has 0 atom stereocenters. The van der Waals surface area contributed by atoms with E-state index in [0.29, 0.717) is 11.3 Å². The lowest BCUT2D eigenvalue weighted by molar-refractivity contribution is -0.133. The summed E-state index contributed by atoms with van der Waals surface area (Å²) in [5, 5.41) is 7.56. The van der Waals surface area contributed by atoms with Crippen LogP contribution in [0.4, 0.5) is 0 Å². The lowest BCUT2D eigenvalue weighted by atomic mass is 10.2. The van der Waals surface area contributed by atoms with E-state index < -0.39 is 11.9 Å². The van der Waals surface area contributed by atoms with Crippen molar-refractivity contribution in [3.63, 3.8) is 0 Å². The predicted octanol–water partition coefficient (Wildman–Crippen LogP) is 1.27. The fourth-order valence-electron chi connectivity index (χ4n) is 1.52. The van der Waals surface area contributed by atoms with Crippen LogP contribution in [0.1, 0.15) is 19.4 Å². The van der Waals surface area contributed by atoms with Crippen LogP contribution in [0, 0.1) is 0 Å². The van der Waals surface area contributed by atoms with E-state index in [4.69, 9.17) is 14.2 Å². The fourth-order valence-corrected chi connectivity index (χ4v) is 1.52. The van der Waals surface area contributed by atoms with Crippen molar-refractivity contribution in [1.29, 1.82) is 0 Å². The third-order valence-electron chi connectivity index (χ3n) is 2.22. The summed E-state index contributed by atoms with van der Waals surface area (Å²) in [4.78, 5) is 21.8. The molecule has 0 aromatic heterocycles. The van der Waals surface area contributed by atoms with E-state index >= 15 is 0 Å². The normalized spacial score (nSPS) is 13.7. The van der Waals surface area contributed by atoms with Gasteiger partial charge in [-0.1, -0.05) is 12.1 Å². The van der Waals surface area contributed by atoms with Gasteiger partial charge in [-0.25, -0.2) is 0 Å². The van der Waals surface area contributed by atoms with Crippen LogP contribution < -0.4 is 4.74 Å². The number of ether oxygens (including phenoxy) is 3. The molecule has 0 unspecified atom stereocenters. The second kappa shape index (κ2) is 5.96. The van der Waals surface area contributed by atoms with E-state index in [1.54, 1.807) is 24.3 Å². The summed E-state index contributed by atoms with van der Waals surface area (Å²) < 4.78 is 15.2. The van der Waals surface area contributed by atoms with E-state index in [1.807, 2.05) is 0 Å². The van der Waals surface area contributed by atoms with Gasteiger partial charge in [0.1, 0.15) is 5.75 Å². The second-order valence-corrected chi connectivity index (χ2v) is 3.87. The first kappa shape index (κ1) is 13.7. The maximum Gasteiger partial charge on any atom is 0.309 e. The molecule has 20 heavy (non-hydrogen) atoms. The van der Waals surface area contributed by atoms with Crippen LogP contribution in [0.2, 0.25) is 0 Å². The highest BCUT2D eigenvalue weighted by atomic mass is 16.6. The molecule has 7 heteroatoms. The average molecular weight is 276 g/mol. The van der Waals surface area contributed by atoms with Gasteiger partial charge in [0.25, 0.3) is 5.90 Å². The Morgan fingerprint density at radius 1 is 1.10 bits per heavy atom. The predicted molar refractivity (Wildman–Crippen MR) is 69.4 cm³/mol. The van der Waals surface area contributed by atoms with E-state index in [9.17, 15) is 9.59 Å². The van der Waals surface area contributed by atoms with Gasteiger partial charge < -0.3 is 14.2 Å². The van der Waals surface area contributed by atoms with Gasteiger partial charge in [0, 0.05) is 13.8 Å². The molecule has 1 aliphatic heterocycles. The molecule has 2 rings (SSSR count). The van der Waals surface area contributed by atoms with Crippen LogP contribution in [-0.4, -0.2) is 30.3 Å².